The van der Waals surface area contributed by atoms with Crippen molar-refractivity contribution in [1.29, 1.82) is 0 Å². The highest BCUT2D eigenvalue weighted by atomic mass is 16.2. The second-order valence-corrected chi connectivity index (χ2v) is 6.10. The van der Waals surface area contributed by atoms with Crippen molar-refractivity contribution in [2.24, 2.45) is 0 Å². The van der Waals surface area contributed by atoms with Crippen LogP contribution in [0.2, 0.25) is 0 Å². The molecule has 0 radical (unpaired) electrons. The Morgan fingerprint density at radius 2 is 1.81 bits per heavy atom. The lowest BCUT2D eigenvalue weighted by atomic mass is 10.1. The average molecular weight is 350 g/mol. The van der Waals surface area contributed by atoms with E-state index in [4.69, 9.17) is 0 Å². The van der Waals surface area contributed by atoms with Crippen molar-refractivity contribution in [2.75, 3.05) is 6.54 Å². The first-order valence-corrected chi connectivity index (χ1v) is 8.73. The van der Waals surface area contributed by atoms with Gasteiger partial charge in [0.25, 0.3) is 11.8 Å². The average Bonchev–Trinajstić information content (AvgIpc) is 3.06. The number of hydrogen-bond donors (Lipinski definition) is 2. The zero-order valence-corrected chi connectivity index (χ0v) is 14.9. The van der Waals surface area contributed by atoms with E-state index in [-0.39, 0.29) is 29.4 Å². The minimum atomic E-state index is -0.322. The third kappa shape index (κ3) is 3.59. The molecule has 6 nitrogen and oxygen atoms in total. The second-order valence-electron chi connectivity index (χ2n) is 6.10. The van der Waals surface area contributed by atoms with Gasteiger partial charge < -0.3 is 10.6 Å². The Kier molecular flexibility index (Phi) is 5.31. The summed E-state index contributed by atoms with van der Waals surface area (Å²) in [6.45, 7) is 4.46. The van der Waals surface area contributed by atoms with Crippen molar-refractivity contribution in [3.05, 3.63) is 71.8 Å². The Bertz CT molecular complexity index is 918. The zero-order chi connectivity index (χ0) is 18.5. The Morgan fingerprint density at radius 3 is 2.54 bits per heavy atom. The largest absolute Gasteiger partial charge is 0.351 e. The Balaban J connectivity index is 1.89. The van der Waals surface area contributed by atoms with Crippen molar-refractivity contribution >= 4 is 17.3 Å². The number of imidazole rings is 1. The first kappa shape index (κ1) is 17.7. The third-order valence-electron chi connectivity index (χ3n) is 4.15. The lowest BCUT2D eigenvalue weighted by molar-refractivity contribution is 0.0928. The number of aromatic nitrogens is 2. The maximum atomic E-state index is 12.8. The highest BCUT2D eigenvalue weighted by Gasteiger charge is 2.22. The molecule has 0 aliphatic heterocycles. The fourth-order valence-corrected chi connectivity index (χ4v) is 2.77. The fraction of sp³-hybridized carbons (Fsp3) is 0.250. The molecule has 26 heavy (non-hydrogen) atoms. The number of carbonyl (C=O) groups excluding carboxylic acids is 2. The molecule has 0 spiro atoms. The third-order valence-corrected chi connectivity index (χ3v) is 4.15. The molecule has 3 aromatic rings. The normalized spacial score (nSPS) is 11.9. The van der Waals surface area contributed by atoms with Crippen LogP contribution in [-0.2, 0) is 0 Å². The number of pyridine rings is 1. The number of amides is 2. The molecule has 0 aliphatic carbocycles. The van der Waals surface area contributed by atoms with Crippen molar-refractivity contribution in [1.82, 2.24) is 20.0 Å². The topological polar surface area (TPSA) is 75.5 Å². The van der Waals surface area contributed by atoms with Crippen LogP contribution in [0.5, 0.6) is 0 Å². The van der Waals surface area contributed by atoms with E-state index in [0.29, 0.717) is 12.1 Å². The van der Waals surface area contributed by atoms with Crippen molar-refractivity contribution in [2.45, 2.75) is 26.3 Å². The summed E-state index contributed by atoms with van der Waals surface area (Å²) in [4.78, 5) is 29.5. The molecule has 3 rings (SSSR count). The summed E-state index contributed by atoms with van der Waals surface area (Å²) < 4.78 is 1.65. The molecule has 134 valence electrons. The molecule has 2 aromatic heterocycles. The standard InChI is InChI=1S/C20H22N4O2/c1-3-12-21-19(25)17-16-11-7-8-13-24(16)18(23-17)20(26)22-14(2)15-9-5-4-6-10-15/h4-11,13-14H,3,12H2,1-2H3,(H,21,25)(H,22,26). The van der Waals surface area contributed by atoms with Crippen LogP contribution in [0.3, 0.4) is 0 Å². The van der Waals surface area contributed by atoms with Gasteiger partial charge in [-0.05, 0) is 31.0 Å². The van der Waals surface area contributed by atoms with Crippen molar-refractivity contribution in [3.63, 3.8) is 0 Å². The minimum absolute atomic E-state index is 0.169. The van der Waals surface area contributed by atoms with Crippen molar-refractivity contribution in [3.8, 4) is 0 Å². The number of rotatable bonds is 6. The predicted molar refractivity (Wildman–Crippen MR) is 100 cm³/mol. The first-order valence-electron chi connectivity index (χ1n) is 8.73. The van der Waals surface area contributed by atoms with Gasteiger partial charge in [-0.2, -0.15) is 0 Å². The van der Waals surface area contributed by atoms with Gasteiger partial charge in [0, 0.05) is 12.7 Å². The van der Waals surface area contributed by atoms with Gasteiger partial charge in [0.1, 0.15) is 0 Å². The van der Waals surface area contributed by atoms with Crippen LogP contribution < -0.4 is 10.6 Å². The summed E-state index contributed by atoms with van der Waals surface area (Å²) in [7, 11) is 0. The molecule has 0 bridgehead atoms. The van der Waals surface area contributed by atoms with Crippen molar-refractivity contribution < 1.29 is 9.59 Å². The van der Waals surface area contributed by atoms with Gasteiger partial charge in [-0.25, -0.2) is 4.98 Å². The van der Waals surface area contributed by atoms with E-state index >= 15 is 0 Å². The Morgan fingerprint density at radius 1 is 1.08 bits per heavy atom. The molecule has 1 aromatic carbocycles. The number of hydrogen-bond acceptors (Lipinski definition) is 3. The van der Waals surface area contributed by atoms with Crippen LogP contribution in [0.25, 0.3) is 5.52 Å². The number of nitrogens with zero attached hydrogens (tertiary/aromatic N) is 2. The van der Waals surface area contributed by atoms with E-state index in [2.05, 4.69) is 15.6 Å². The highest BCUT2D eigenvalue weighted by molar-refractivity contribution is 6.02. The van der Waals surface area contributed by atoms with Gasteiger partial charge in [-0.15, -0.1) is 0 Å². The maximum absolute atomic E-state index is 12.8. The van der Waals surface area contributed by atoms with Gasteiger partial charge >= 0.3 is 0 Å². The molecule has 0 saturated heterocycles. The van der Waals surface area contributed by atoms with E-state index in [1.54, 1.807) is 22.7 Å². The summed E-state index contributed by atoms with van der Waals surface area (Å²) in [6.07, 6.45) is 2.57. The first-order chi connectivity index (χ1) is 12.6. The number of carbonyl (C=O) groups is 2. The summed E-state index contributed by atoms with van der Waals surface area (Å²) >= 11 is 0. The smallest absolute Gasteiger partial charge is 0.288 e. The van der Waals surface area contributed by atoms with E-state index in [1.165, 1.54) is 0 Å². The minimum Gasteiger partial charge on any atom is -0.351 e. The lowest BCUT2D eigenvalue weighted by Crippen LogP contribution is -2.28. The van der Waals surface area contributed by atoms with E-state index < -0.39 is 0 Å². The molecule has 1 unspecified atom stereocenters. The van der Waals surface area contributed by atoms with Gasteiger partial charge in [0.2, 0.25) is 5.82 Å². The van der Waals surface area contributed by atoms with Gasteiger partial charge in [0.15, 0.2) is 5.69 Å². The Hall–Kier alpha value is -3.15. The van der Waals surface area contributed by atoms with E-state index in [0.717, 1.165) is 12.0 Å². The summed E-state index contributed by atoms with van der Waals surface area (Å²) in [6, 6.07) is 14.9. The summed E-state index contributed by atoms with van der Waals surface area (Å²) in [5, 5.41) is 5.76. The molecule has 0 aliphatic rings. The molecule has 2 amide bonds. The zero-order valence-electron chi connectivity index (χ0n) is 14.9. The van der Waals surface area contributed by atoms with E-state index in [1.807, 2.05) is 50.2 Å². The Labute approximate surface area is 152 Å². The van der Waals surface area contributed by atoms with Crippen LogP contribution in [0.1, 0.15) is 53.0 Å². The number of nitrogens with one attached hydrogen (secondary N) is 2. The number of benzene rings is 1. The van der Waals surface area contributed by atoms with Gasteiger partial charge in [-0.3, -0.25) is 14.0 Å². The molecule has 2 heterocycles. The van der Waals surface area contributed by atoms with Gasteiger partial charge in [0.05, 0.1) is 11.6 Å². The monoisotopic (exact) mass is 350 g/mol. The highest BCUT2D eigenvalue weighted by Crippen LogP contribution is 2.16. The quantitative estimate of drug-likeness (QED) is 0.718. The number of fused-ring (bicyclic) bond motifs is 1. The SMILES string of the molecule is CCCNC(=O)c1nc(C(=O)NC(C)c2ccccc2)n2ccccc12. The summed E-state index contributed by atoms with van der Waals surface area (Å²) in [5.74, 6) is -0.396. The molecule has 0 fully saturated rings. The van der Waals surface area contributed by atoms with Gasteiger partial charge in [-0.1, -0.05) is 43.3 Å². The second kappa shape index (κ2) is 7.82. The van der Waals surface area contributed by atoms with Crippen LogP contribution in [0, 0.1) is 0 Å². The van der Waals surface area contributed by atoms with E-state index in [9.17, 15) is 9.59 Å². The molecule has 1 atom stereocenters. The van der Waals surface area contributed by atoms with Crippen LogP contribution in [0.4, 0.5) is 0 Å². The van der Waals surface area contributed by atoms with Crippen LogP contribution >= 0.6 is 0 Å². The lowest BCUT2D eigenvalue weighted by Gasteiger charge is -2.13. The predicted octanol–water partition coefficient (Wildman–Crippen LogP) is 2.97. The maximum Gasteiger partial charge on any atom is 0.288 e. The van der Waals surface area contributed by atoms with Crippen LogP contribution in [0.15, 0.2) is 54.7 Å². The molecule has 6 heteroatoms. The molecule has 2 N–H and O–H groups in total. The molecular weight excluding hydrogens is 328 g/mol. The molecule has 0 saturated carbocycles. The molecular formula is C20H22N4O2. The van der Waals surface area contributed by atoms with Crippen LogP contribution in [-0.4, -0.2) is 27.7 Å². The fourth-order valence-electron chi connectivity index (χ4n) is 2.77. The summed E-state index contributed by atoms with van der Waals surface area (Å²) in [5.41, 5.74) is 1.87.